The van der Waals surface area contributed by atoms with E-state index in [-0.39, 0.29) is 0 Å². The quantitative estimate of drug-likeness (QED) is 0.914. The highest BCUT2D eigenvalue weighted by molar-refractivity contribution is 5.10. The van der Waals surface area contributed by atoms with Crippen LogP contribution in [0.2, 0.25) is 0 Å². The van der Waals surface area contributed by atoms with Gasteiger partial charge in [0.05, 0.1) is 0 Å². The minimum Gasteiger partial charge on any atom is -0.264 e. The molecule has 4 nitrogen and oxygen atoms in total. The summed E-state index contributed by atoms with van der Waals surface area (Å²) in [7, 11) is 0. The molecule has 0 radical (unpaired) electrons. The molecule has 0 spiro atoms. The SMILES string of the molecule is c1cncc(CCc2nc(C3CCCCC3)n[nH]2)c1. The van der Waals surface area contributed by atoms with Crippen molar-refractivity contribution in [3.05, 3.63) is 41.7 Å². The van der Waals surface area contributed by atoms with E-state index in [1.165, 1.54) is 37.7 Å². The normalized spacial score (nSPS) is 16.6. The maximum Gasteiger partial charge on any atom is 0.153 e. The molecule has 3 rings (SSSR count). The van der Waals surface area contributed by atoms with Gasteiger partial charge in [-0.3, -0.25) is 10.1 Å². The van der Waals surface area contributed by atoms with Gasteiger partial charge in [0.2, 0.25) is 0 Å². The standard InChI is InChI=1S/C15H20N4/c1-2-6-13(7-3-1)15-17-14(18-19-15)9-8-12-5-4-10-16-11-12/h4-5,10-11,13H,1-3,6-9H2,(H,17,18,19). The van der Waals surface area contributed by atoms with Gasteiger partial charge in [-0.2, -0.15) is 5.10 Å². The lowest BCUT2D eigenvalue weighted by atomic mass is 9.89. The third kappa shape index (κ3) is 3.19. The van der Waals surface area contributed by atoms with E-state index >= 15 is 0 Å². The average molecular weight is 256 g/mol. The van der Waals surface area contributed by atoms with Crippen LogP contribution in [0.3, 0.4) is 0 Å². The van der Waals surface area contributed by atoms with Crippen LogP contribution in [0.1, 0.15) is 55.2 Å². The van der Waals surface area contributed by atoms with Gasteiger partial charge in [0.25, 0.3) is 0 Å². The van der Waals surface area contributed by atoms with Crippen LogP contribution in [0.25, 0.3) is 0 Å². The van der Waals surface area contributed by atoms with Crippen LogP contribution in [-0.2, 0) is 12.8 Å². The fourth-order valence-electron chi connectivity index (χ4n) is 2.77. The van der Waals surface area contributed by atoms with Crippen LogP contribution < -0.4 is 0 Å². The summed E-state index contributed by atoms with van der Waals surface area (Å²) in [4.78, 5) is 8.79. The molecular formula is C15H20N4. The summed E-state index contributed by atoms with van der Waals surface area (Å²) >= 11 is 0. The first kappa shape index (κ1) is 12.3. The van der Waals surface area contributed by atoms with Crippen molar-refractivity contribution in [2.24, 2.45) is 0 Å². The Hall–Kier alpha value is -1.71. The zero-order valence-corrected chi connectivity index (χ0v) is 11.2. The van der Waals surface area contributed by atoms with Crippen molar-refractivity contribution in [2.75, 3.05) is 0 Å². The van der Waals surface area contributed by atoms with Gasteiger partial charge >= 0.3 is 0 Å². The van der Waals surface area contributed by atoms with Gasteiger partial charge in [-0.15, -0.1) is 0 Å². The maximum absolute atomic E-state index is 4.66. The first-order chi connectivity index (χ1) is 9.42. The smallest absolute Gasteiger partial charge is 0.153 e. The average Bonchev–Trinajstić information content (AvgIpc) is 2.96. The molecule has 1 aliphatic carbocycles. The van der Waals surface area contributed by atoms with Crippen molar-refractivity contribution < 1.29 is 0 Å². The van der Waals surface area contributed by atoms with Gasteiger partial charge < -0.3 is 0 Å². The Bertz CT molecular complexity index is 500. The Morgan fingerprint density at radius 1 is 1.16 bits per heavy atom. The van der Waals surface area contributed by atoms with E-state index in [2.05, 4.69) is 26.2 Å². The Kier molecular flexibility index (Phi) is 3.86. The van der Waals surface area contributed by atoms with Gasteiger partial charge in [0, 0.05) is 24.7 Å². The number of H-pyrrole nitrogens is 1. The molecule has 1 aliphatic rings. The van der Waals surface area contributed by atoms with Crippen molar-refractivity contribution in [3.63, 3.8) is 0 Å². The highest BCUT2D eigenvalue weighted by atomic mass is 15.2. The number of hydrogen-bond acceptors (Lipinski definition) is 3. The molecule has 19 heavy (non-hydrogen) atoms. The Morgan fingerprint density at radius 2 is 2.05 bits per heavy atom. The Morgan fingerprint density at radius 3 is 2.84 bits per heavy atom. The highest BCUT2D eigenvalue weighted by Gasteiger charge is 2.19. The number of rotatable bonds is 4. The number of aromatic amines is 1. The van der Waals surface area contributed by atoms with E-state index in [9.17, 15) is 0 Å². The molecule has 1 saturated carbocycles. The molecule has 2 heterocycles. The predicted molar refractivity (Wildman–Crippen MR) is 73.9 cm³/mol. The molecule has 0 aromatic carbocycles. The van der Waals surface area contributed by atoms with Crippen molar-refractivity contribution >= 4 is 0 Å². The fraction of sp³-hybridized carbons (Fsp3) is 0.533. The fourth-order valence-corrected chi connectivity index (χ4v) is 2.77. The summed E-state index contributed by atoms with van der Waals surface area (Å²) in [5, 5.41) is 7.49. The van der Waals surface area contributed by atoms with Crippen molar-refractivity contribution in [1.82, 2.24) is 20.2 Å². The lowest BCUT2D eigenvalue weighted by molar-refractivity contribution is 0.429. The molecule has 1 N–H and O–H groups in total. The largest absolute Gasteiger partial charge is 0.264 e. The summed E-state index contributed by atoms with van der Waals surface area (Å²) in [6.07, 6.45) is 12.1. The molecule has 100 valence electrons. The molecule has 2 aromatic rings. The van der Waals surface area contributed by atoms with E-state index < -0.39 is 0 Å². The van der Waals surface area contributed by atoms with Gasteiger partial charge in [-0.25, -0.2) is 4.98 Å². The highest BCUT2D eigenvalue weighted by Crippen LogP contribution is 2.30. The Labute approximate surface area is 113 Å². The number of nitrogens with one attached hydrogen (secondary N) is 1. The topological polar surface area (TPSA) is 54.5 Å². The second-order valence-electron chi connectivity index (χ2n) is 5.34. The molecule has 0 aliphatic heterocycles. The molecule has 1 fully saturated rings. The first-order valence-corrected chi connectivity index (χ1v) is 7.22. The Balaban J connectivity index is 1.58. The van der Waals surface area contributed by atoms with Gasteiger partial charge in [0.1, 0.15) is 5.82 Å². The number of hydrogen-bond donors (Lipinski definition) is 1. The molecule has 0 bridgehead atoms. The van der Waals surface area contributed by atoms with Gasteiger partial charge in [-0.05, 0) is 30.9 Å². The van der Waals surface area contributed by atoms with Crippen LogP contribution in [-0.4, -0.2) is 20.2 Å². The number of nitrogens with zero attached hydrogens (tertiary/aromatic N) is 3. The zero-order chi connectivity index (χ0) is 12.9. The second kappa shape index (κ2) is 5.95. The molecule has 2 aromatic heterocycles. The summed E-state index contributed by atoms with van der Waals surface area (Å²) in [5.41, 5.74) is 1.25. The van der Waals surface area contributed by atoms with Gasteiger partial charge in [0.15, 0.2) is 5.82 Å². The van der Waals surface area contributed by atoms with Crippen LogP contribution in [0.4, 0.5) is 0 Å². The summed E-state index contributed by atoms with van der Waals surface area (Å²) in [6.45, 7) is 0. The van der Waals surface area contributed by atoms with E-state index in [0.29, 0.717) is 5.92 Å². The molecule has 4 heteroatoms. The number of aryl methyl sites for hydroxylation is 2. The molecular weight excluding hydrogens is 236 g/mol. The van der Waals surface area contributed by atoms with Crippen LogP contribution in [0.15, 0.2) is 24.5 Å². The van der Waals surface area contributed by atoms with E-state index in [4.69, 9.17) is 0 Å². The monoisotopic (exact) mass is 256 g/mol. The summed E-state index contributed by atoms with van der Waals surface area (Å²) in [5.74, 6) is 2.61. The van der Waals surface area contributed by atoms with E-state index in [1.807, 2.05) is 12.3 Å². The lowest BCUT2D eigenvalue weighted by Gasteiger charge is -2.17. The second-order valence-corrected chi connectivity index (χ2v) is 5.34. The zero-order valence-electron chi connectivity index (χ0n) is 11.2. The third-order valence-electron chi connectivity index (χ3n) is 3.89. The molecule has 0 atom stereocenters. The number of pyridine rings is 1. The van der Waals surface area contributed by atoms with E-state index in [1.54, 1.807) is 6.20 Å². The van der Waals surface area contributed by atoms with Crippen LogP contribution in [0.5, 0.6) is 0 Å². The predicted octanol–water partition coefficient (Wildman–Crippen LogP) is 3.03. The van der Waals surface area contributed by atoms with Crippen molar-refractivity contribution in [3.8, 4) is 0 Å². The van der Waals surface area contributed by atoms with E-state index in [0.717, 1.165) is 24.5 Å². The third-order valence-corrected chi connectivity index (χ3v) is 3.89. The lowest BCUT2D eigenvalue weighted by Crippen LogP contribution is -2.06. The summed E-state index contributed by atoms with van der Waals surface area (Å²) < 4.78 is 0. The van der Waals surface area contributed by atoms with Crippen molar-refractivity contribution in [2.45, 2.75) is 50.9 Å². The van der Waals surface area contributed by atoms with Gasteiger partial charge in [-0.1, -0.05) is 25.3 Å². The number of aromatic nitrogens is 4. The maximum atomic E-state index is 4.66. The molecule has 0 amide bonds. The van der Waals surface area contributed by atoms with Crippen molar-refractivity contribution in [1.29, 1.82) is 0 Å². The minimum absolute atomic E-state index is 0.581. The summed E-state index contributed by atoms with van der Waals surface area (Å²) in [6, 6.07) is 4.08. The van der Waals surface area contributed by atoms with Crippen LogP contribution >= 0.6 is 0 Å². The van der Waals surface area contributed by atoms with Crippen LogP contribution in [0, 0.1) is 0 Å². The molecule has 0 unspecified atom stereocenters. The first-order valence-electron chi connectivity index (χ1n) is 7.22. The minimum atomic E-state index is 0.581. The molecule has 0 saturated heterocycles.